The lowest BCUT2D eigenvalue weighted by Gasteiger charge is -2.37. The summed E-state index contributed by atoms with van der Waals surface area (Å²) in [4.78, 5) is 13.7. The van der Waals surface area contributed by atoms with E-state index in [1.54, 1.807) is 6.07 Å². The lowest BCUT2D eigenvalue weighted by Crippen LogP contribution is -2.45. The van der Waals surface area contributed by atoms with Gasteiger partial charge in [-0.2, -0.15) is 0 Å². The number of hydrogen-bond acceptors (Lipinski definition) is 5. The van der Waals surface area contributed by atoms with Crippen molar-refractivity contribution >= 4 is 16.3 Å². The Morgan fingerprint density at radius 1 is 1.61 bits per heavy atom. The van der Waals surface area contributed by atoms with E-state index in [-0.39, 0.29) is 9.92 Å². The standard InChI is InChI=1S/C12H19N3O2S/c1-9-4-5-14(10(6-9)7-13)8-11-2-3-12(18-11)15(16)17/h2-3,9-10H,4-8,13H2,1H3. The van der Waals surface area contributed by atoms with Crippen LogP contribution in [0.3, 0.4) is 0 Å². The first-order chi connectivity index (χ1) is 8.60. The molecule has 2 rings (SSSR count). The van der Waals surface area contributed by atoms with Gasteiger partial charge in [-0.15, -0.1) is 0 Å². The Morgan fingerprint density at radius 3 is 3.00 bits per heavy atom. The molecule has 0 bridgehead atoms. The van der Waals surface area contributed by atoms with Gasteiger partial charge < -0.3 is 5.73 Å². The first-order valence-corrected chi connectivity index (χ1v) is 7.09. The second-order valence-corrected chi connectivity index (χ2v) is 6.13. The van der Waals surface area contributed by atoms with Crippen molar-refractivity contribution < 1.29 is 4.92 Å². The molecule has 0 saturated carbocycles. The van der Waals surface area contributed by atoms with Crippen LogP contribution in [-0.4, -0.2) is 29.0 Å². The molecule has 1 fully saturated rings. The SMILES string of the molecule is CC1CCN(Cc2ccc([N+](=O)[O-])s2)C(CN)C1. The molecule has 1 saturated heterocycles. The van der Waals surface area contributed by atoms with Gasteiger partial charge in [0.1, 0.15) is 0 Å². The number of hydrogen-bond donors (Lipinski definition) is 1. The molecule has 1 aromatic heterocycles. The molecule has 6 heteroatoms. The van der Waals surface area contributed by atoms with Crippen LogP contribution >= 0.6 is 11.3 Å². The molecular weight excluding hydrogens is 250 g/mol. The van der Waals surface area contributed by atoms with Crippen LogP contribution in [0.15, 0.2) is 12.1 Å². The maximum atomic E-state index is 10.7. The van der Waals surface area contributed by atoms with Crippen molar-refractivity contribution in [1.82, 2.24) is 4.90 Å². The smallest absolute Gasteiger partial charge is 0.324 e. The molecule has 1 aliphatic rings. The summed E-state index contributed by atoms with van der Waals surface area (Å²) in [6, 6.07) is 3.85. The minimum atomic E-state index is -0.327. The van der Waals surface area contributed by atoms with E-state index in [2.05, 4.69) is 11.8 Å². The fourth-order valence-corrected chi connectivity index (χ4v) is 3.35. The van der Waals surface area contributed by atoms with E-state index in [1.165, 1.54) is 17.8 Å². The van der Waals surface area contributed by atoms with Crippen LogP contribution in [-0.2, 0) is 6.54 Å². The van der Waals surface area contributed by atoms with Crippen LogP contribution in [0.1, 0.15) is 24.6 Å². The van der Waals surface area contributed by atoms with Gasteiger partial charge in [0.2, 0.25) is 0 Å². The van der Waals surface area contributed by atoms with Gasteiger partial charge in [0.15, 0.2) is 0 Å². The highest BCUT2D eigenvalue weighted by atomic mass is 32.1. The molecule has 2 heterocycles. The van der Waals surface area contributed by atoms with Gasteiger partial charge in [0.05, 0.1) is 4.92 Å². The zero-order chi connectivity index (χ0) is 13.1. The van der Waals surface area contributed by atoms with E-state index < -0.39 is 0 Å². The Kier molecular flexibility index (Phi) is 4.31. The minimum absolute atomic E-state index is 0.222. The van der Waals surface area contributed by atoms with Crippen molar-refractivity contribution in [2.24, 2.45) is 11.7 Å². The van der Waals surface area contributed by atoms with Crippen LogP contribution in [0.5, 0.6) is 0 Å². The number of nitrogens with zero attached hydrogens (tertiary/aromatic N) is 2. The van der Waals surface area contributed by atoms with E-state index in [1.807, 2.05) is 6.07 Å². The van der Waals surface area contributed by atoms with Crippen molar-refractivity contribution in [3.05, 3.63) is 27.1 Å². The third-order valence-corrected chi connectivity index (χ3v) is 4.58. The van der Waals surface area contributed by atoms with Crippen molar-refractivity contribution in [2.75, 3.05) is 13.1 Å². The van der Waals surface area contributed by atoms with Crippen molar-refractivity contribution in [2.45, 2.75) is 32.4 Å². The lowest BCUT2D eigenvalue weighted by atomic mass is 9.92. The highest BCUT2D eigenvalue weighted by Gasteiger charge is 2.25. The molecule has 1 aliphatic heterocycles. The van der Waals surface area contributed by atoms with Gasteiger partial charge in [0, 0.05) is 30.1 Å². The maximum absolute atomic E-state index is 10.7. The van der Waals surface area contributed by atoms with Crippen molar-refractivity contribution in [3.63, 3.8) is 0 Å². The monoisotopic (exact) mass is 269 g/mol. The van der Waals surface area contributed by atoms with Crippen LogP contribution in [0.25, 0.3) is 0 Å². The highest BCUT2D eigenvalue weighted by molar-refractivity contribution is 7.15. The van der Waals surface area contributed by atoms with Crippen LogP contribution in [0.2, 0.25) is 0 Å². The fourth-order valence-electron chi connectivity index (χ4n) is 2.50. The van der Waals surface area contributed by atoms with E-state index in [0.29, 0.717) is 12.6 Å². The second kappa shape index (κ2) is 5.77. The average Bonchev–Trinajstić information content (AvgIpc) is 2.80. The molecule has 2 atom stereocenters. The molecule has 0 spiro atoms. The van der Waals surface area contributed by atoms with E-state index >= 15 is 0 Å². The first kappa shape index (κ1) is 13.5. The normalized spacial score (nSPS) is 25.2. The molecule has 18 heavy (non-hydrogen) atoms. The fraction of sp³-hybridized carbons (Fsp3) is 0.667. The predicted octanol–water partition coefficient (Wildman–Crippen LogP) is 2.22. The summed E-state index contributed by atoms with van der Waals surface area (Å²) >= 11 is 1.27. The number of nitro groups is 1. The van der Waals surface area contributed by atoms with Gasteiger partial charge in [-0.25, -0.2) is 0 Å². The highest BCUT2D eigenvalue weighted by Crippen LogP contribution is 2.28. The molecule has 2 N–H and O–H groups in total. The van der Waals surface area contributed by atoms with E-state index in [0.717, 1.165) is 30.3 Å². The quantitative estimate of drug-likeness (QED) is 0.672. The van der Waals surface area contributed by atoms with Gasteiger partial charge in [-0.1, -0.05) is 18.3 Å². The van der Waals surface area contributed by atoms with Gasteiger partial charge in [-0.05, 0) is 31.4 Å². The number of rotatable bonds is 4. The van der Waals surface area contributed by atoms with Crippen LogP contribution < -0.4 is 5.73 Å². The molecule has 100 valence electrons. The molecule has 0 amide bonds. The minimum Gasteiger partial charge on any atom is -0.329 e. The van der Waals surface area contributed by atoms with E-state index in [4.69, 9.17) is 5.73 Å². The molecule has 2 unspecified atom stereocenters. The molecule has 0 aromatic carbocycles. The third kappa shape index (κ3) is 3.07. The summed E-state index contributed by atoms with van der Waals surface area (Å²) in [6.45, 7) is 4.75. The summed E-state index contributed by atoms with van der Waals surface area (Å²) in [6.07, 6.45) is 2.31. The maximum Gasteiger partial charge on any atom is 0.324 e. The molecule has 1 aromatic rings. The summed E-state index contributed by atoms with van der Waals surface area (Å²) in [5, 5.41) is 10.9. The molecule has 5 nitrogen and oxygen atoms in total. The number of piperidine rings is 1. The van der Waals surface area contributed by atoms with Gasteiger partial charge in [-0.3, -0.25) is 15.0 Å². The van der Waals surface area contributed by atoms with Crippen molar-refractivity contribution in [1.29, 1.82) is 0 Å². The van der Waals surface area contributed by atoms with Crippen molar-refractivity contribution in [3.8, 4) is 0 Å². The zero-order valence-electron chi connectivity index (χ0n) is 10.5. The first-order valence-electron chi connectivity index (χ1n) is 6.27. The summed E-state index contributed by atoms with van der Waals surface area (Å²) in [7, 11) is 0. The number of likely N-dealkylation sites (tertiary alicyclic amines) is 1. The Balaban J connectivity index is 2.00. The molecular formula is C12H19N3O2S. The van der Waals surface area contributed by atoms with Gasteiger partial charge in [0.25, 0.3) is 0 Å². The summed E-state index contributed by atoms with van der Waals surface area (Å²) in [5.74, 6) is 0.729. The van der Waals surface area contributed by atoms with E-state index in [9.17, 15) is 10.1 Å². The summed E-state index contributed by atoms with van der Waals surface area (Å²) in [5.41, 5.74) is 5.82. The predicted molar refractivity (Wildman–Crippen MR) is 72.6 cm³/mol. The Hall–Kier alpha value is -0.980. The lowest BCUT2D eigenvalue weighted by molar-refractivity contribution is -0.380. The molecule has 0 radical (unpaired) electrons. The Morgan fingerprint density at radius 2 is 2.39 bits per heavy atom. The Bertz CT molecular complexity index is 421. The molecule has 0 aliphatic carbocycles. The number of thiophene rings is 1. The topological polar surface area (TPSA) is 72.4 Å². The Labute approximate surface area is 111 Å². The average molecular weight is 269 g/mol. The van der Waals surface area contributed by atoms with Crippen LogP contribution in [0.4, 0.5) is 5.00 Å². The largest absolute Gasteiger partial charge is 0.329 e. The second-order valence-electron chi connectivity index (χ2n) is 4.99. The van der Waals surface area contributed by atoms with Gasteiger partial charge >= 0.3 is 5.00 Å². The third-order valence-electron chi connectivity index (χ3n) is 3.56. The van der Waals surface area contributed by atoms with Crippen LogP contribution in [0, 0.1) is 16.0 Å². The number of nitrogens with two attached hydrogens (primary N) is 1. The zero-order valence-corrected chi connectivity index (χ0v) is 11.4. The summed E-state index contributed by atoms with van der Waals surface area (Å²) < 4.78 is 0.